The van der Waals surface area contributed by atoms with Gasteiger partial charge in [0.25, 0.3) is 0 Å². The summed E-state index contributed by atoms with van der Waals surface area (Å²) < 4.78 is 11.8. The van der Waals surface area contributed by atoms with Crippen molar-refractivity contribution in [3.8, 4) is 0 Å². The monoisotopic (exact) mass is 506 g/mol. The predicted octanol–water partition coefficient (Wildman–Crippen LogP) is 3.32. The van der Waals surface area contributed by atoms with Crippen molar-refractivity contribution in [1.29, 1.82) is 0 Å². The molecule has 0 radical (unpaired) electrons. The molecular formula is C28H46N2O6. The third-order valence-electron chi connectivity index (χ3n) is 7.92. The van der Waals surface area contributed by atoms with Gasteiger partial charge in [-0.3, -0.25) is 14.4 Å². The van der Waals surface area contributed by atoms with Crippen molar-refractivity contribution in [2.45, 2.75) is 103 Å². The van der Waals surface area contributed by atoms with Crippen molar-refractivity contribution >= 4 is 17.8 Å². The minimum absolute atomic E-state index is 0.0170. The zero-order chi connectivity index (χ0) is 26.9. The van der Waals surface area contributed by atoms with Crippen LogP contribution >= 0.6 is 0 Å². The van der Waals surface area contributed by atoms with Crippen molar-refractivity contribution in [2.75, 3.05) is 26.3 Å². The molecule has 2 amide bonds. The number of carbonyl (C=O) groups is 3. The first kappa shape index (κ1) is 28.6. The lowest BCUT2D eigenvalue weighted by Crippen LogP contribution is -2.61. The molecule has 8 nitrogen and oxygen atoms in total. The fourth-order valence-electron chi connectivity index (χ4n) is 7.06. The molecule has 1 spiro atoms. The van der Waals surface area contributed by atoms with Crippen LogP contribution in [0, 0.1) is 17.3 Å². The summed E-state index contributed by atoms with van der Waals surface area (Å²) in [6, 6.07) is -0.798. The van der Waals surface area contributed by atoms with Crippen LogP contribution < -0.4 is 0 Å². The largest absolute Gasteiger partial charge is 0.466 e. The number of ether oxygens (including phenoxy) is 2. The van der Waals surface area contributed by atoms with Crippen LogP contribution in [0.5, 0.6) is 0 Å². The maximum absolute atomic E-state index is 14.5. The number of fused-ring (bicyclic) bond motifs is 1. The maximum atomic E-state index is 14.5. The first-order chi connectivity index (χ1) is 16.8. The number of carbonyl (C=O) groups excluding carboxylic acids is 3. The molecule has 5 atom stereocenters. The predicted molar refractivity (Wildman–Crippen MR) is 137 cm³/mol. The summed E-state index contributed by atoms with van der Waals surface area (Å²) in [5.41, 5.74) is -1.53. The minimum atomic E-state index is -1.02. The van der Waals surface area contributed by atoms with Crippen LogP contribution in [0.4, 0.5) is 0 Å². The van der Waals surface area contributed by atoms with Crippen molar-refractivity contribution in [3.05, 3.63) is 12.7 Å². The molecule has 3 heterocycles. The van der Waals surface area contributed by atoms with Gasteiger partial charge in [0, 0.05) is 25.2 Å². The van der Waals surface area contributed by atoms with E-state index in [4.69, 9.17) is 9.47 Å². The lowest BCUT2D eigenvalue weighted by Gasteiger charge is -2.45. The van der Waals surface area contributed by atoms with Gasteiger partial charge in [0.1, 0.15) is 11.6 Å². The second-order valence-electron chi connectivity index (χ2n) is 12.4. The van der Waals surface area contributed by atoms with E-state index in [9.17, 15) is 19.5 Å². The number of amides is 2. The molecule has 3 rings (SSSR count). The Bertz CT molecular complexity index is 849. The summed E-state index contributed by atoms with van der Waals surface area (Å²) in [4.78, 5) is 44.9. The van der Waals surface area contributed by atoms with Gasteiger partial charge in [0.2, 0.25) is 11.8 Å². The number of aliphatic hydroxyl groups is 1. The number of hydrogen-bond donors (Lipinski definition) is 1. The molecule has 0 aliphatic carbocycles. The Hall–Kier alpha value is -1.93. The maximum Gasteiger partial charge on any atom is 0.312 e. The number of aliphatic hydroxyl groups excluding tert-OH is 1. The summed E-state index contributed by atoms with van der Waals surface area (Å²) in [5, 5.41) is 9.20. The Balaban J connectivity index is 2.02. The molecule has 0 saturated carbocycles. The normalized spacial score (nSPS) is 29.4. The van der Waals surface area contributed by atoms with Gasteiger partial charge in [-0.25, -0.2) is 0 Å². The van der Waals surface area contributed by atoms with Crippen molar-refractivity contribution in [2.24, 2.45) is 17.3 Å². The quantitative estimate of drug-likeness (QED) is 0.248. The van der Waals surface area contributed by atoms with E-state index >= 15 is 0 Å². The Morgan fingerprint density at radius 2 is 1.94 bits per heavy atom. The summed E-state index contributed by atoms with van der Waals surface area (Å²) in [5.74, 6) is -2.14. The van der Waals surface area contributed by atoms with Crippen LogP contribution in [0.2, 0.25) is 0 Å². The van der Waals surface area contributed by atoms with Gasteiger partial charge < -0.3 is 24.4 Å². The number of hydrogen-bond acceptors (Lipinski definition) is 6. The fraction of sp³-hybridized carbons (Fsp3) is 0.821. The highest BCUT2D eigenvalue weighted by Gasteiger charge is 2.75. The van der Waals surface area contributed by atoms with Gasteiger partial charge in [0.15, 0.2) is 0 Å². The van der Waals surface area contributed by atoms with Crippen LogP contribution in [-0.4, -0.2) is 82.3 Å². The average molecular weight is 507 g/mol. The Morgan fingerprint density at radius 3 is 2.53 bits per heavy atom. The molecule has 204 valence electrons. The summed E-state index contributed by atoms with van der Waals surface area (Å²) in [6.07, 6.45) is 5.34. The van der Waals surface area contributed by atoms with Gasteiger partial charge in [-0.05, 0) is 64.7 Å². The molecule has 2 bridgehead atoms. The second kappa shape index (κ2) is 10.8. The van der Waals surface area contributed by atoms with Crippen LogP contribution in [0.15, 0.2) is 12.7 Å². The Labute approximate surface area is 216 Å². The summed E-state index contributed by atoms with van der Waals surface area (Å²) in [7, 11) is 0. The van der Waals surface area contributed by atoms with E-state index < -0.39 is 41.1 Å². The van der Waals surface area contributed by atoms with E-state index in [1.54, 1.807) is 17.9 Å². The summed E-state index contributed by atoms with van der Waals surface area (Å²) >= 11 is 0. The molecular weight excluding hydrogens is 460 g/mol. The van der Waals surface area contributed by atoms with Crippen LogP contribution in [0.25, 0.3) is 0 Å². The van der Waals surface area contributed by atoms with Crippen molar-refractivity contribution in [3.63, 3.8) is 0 Å². The zero-order valence-electron chi connectivity index (χ0n) is 23.0. The molecule has 3 aliphatic rings. The van der Waals surface area contributed by atoms with E-state index in [2.05, 4.69) is 41.2 Å². The molecule has 0 aromatic rings. The van der Waals surface area contributed by atoms with Crippen LogP contribution in [-0.2, 0) is 23.9 Å². The molecule has 3 saturated heterocycles. The van der Waals surface area contributed by atoms with E-state index in [1.807, 2.05) is 4.90 Å². The van der Waals surface area contributed by atoms with Crippen LogP contribution in [0.1, 0.15) is 80.1 Å². The number of nitrogens with zero attached hydrogens (tertiary/aromatic N) is 2. The van der Waals surface area contributed by atoms with Gasteiger partial charge in [0.05, 0.1) is 24.5 Å². The smallest absolute Gasteiger partial charge is 0.312 e. The van der Waals surface area contributed by atoms with E-state index in [-0.39, 0.29) is 30.4 Å². The number of rotatable bonds is 12. The number of unbranched alkanes of at least 4 members (excludes halogenated alkanes) is 2. The molecule has 1 N–H and O–H groups in total. The average Bonchev–Trinajstić information content (AvgIpc) is 3.40. The molecule has 36 heavy (non-hydrogen) atoms. The highest BCUT2D eigenvalue weighted by molar-refractivity contribution is 5.98. The third kappa shape index (κ3) is 5.21. The first-order valence-corrected chi connectivity index (χ1v) is 13.5. The minimum Gasteiger partial charge on any atom is -0.466 e. The van der Waals surface area contributed by atoms with E-state index in [0.29, 0.717) is 38.8 Å². The molecule has 0 unspecified atom stereocenters. The molecule has 0 aromatic heterocycles. The highest BCUT2D eigenvalue weighted by atomic mass is 16.6. The summed E-state index contributed by atoms with van der Waals surface area (Å²) in [6.45, 7) is 17.3. The fourth-order valence-corrected chi connectivity index (χ4v) is 7.06. The van der Waals surface area contributed by atoms with Crippen LogP contribution in [0.3, 0.4) is 0 Å². The van der Waals surface area contributed by atoms with Crippen molar-refractivity contribution < 1.29 is 29.0 Å². The number of likely N-dealkylation sites (tertiary alicyclic amines) is 1. The Kier molecular flexibility index (Phi) is 8.61. The topological polar surface area (TPSA) is 96.4 Å². The van der Waals surface area contributed by atoms with Gasteiger partial charge in [-0.1, -0.05) is 26.8 Å². The molecule has 0 aromatic carbocycles. The molecule has 3 aliphatic heterocycles. The second-order valence-corrected chi connectivity index (χ2v) is 12.4. The highest BCUT2D eigenvalue weighted by Crippen LogP contribution is 2.59. The van der Waals surface area contributed by atoms with Gasteiger partial charge in [-0.15, -0.1) is 6.58 Å². The van der Waals surface area contributed by atoms with Crippen molar-refractivity contribution in [1.82, 2.24) is 9.80 Å². The van der Waals surface area contributed by atoms with Gasteiger partial charge >= 0.3 is 5.97 Å². The number of esters is 1. The molecule has 8 heteroatoms. The standard InChI is InChI=1S/C28H46N2O6/c1-8-15-30(27(6,7)18-26(3,4)5)24(33)22-28-14-13-19(36-28)20(25(34)35-9-2)21(28)23(32)29(22)16-11-10-12-17-31/h8,19-22,31H,1,9-18H2,2-7H3/t19-,20+,21+,22-,28+/m0/s1. The van der Waals surface area contributed by atoms with E-state index in [0.717, 1.165) is 12.8 Å². The zero-order valence-corrected chi connectivity index (χ0v) is 23.0. The SMILES string of the molecule is C=CCN(C(=O)[C@@H]1N(CCCCCO)C(=O)[C@H]2[C@H](C(=O)OCC)[C@@H]3CC[C@]12O3)C(C)(C)CC(C)(C)C. The lowest BCUT2D eigenvalue weighted by molar-refractivity contribution is -0.155. The Morgan fingerprint density at radius 1 is 1.25 bits per heavy atom. The lowest BCUT2D eigenvalue weighted by atomic mass is 9.70. The third-order valence-corrected chi connectivity index (χ3v) is 7.92. The molecule has 3 fully saturated rings. The van der Waals surface area contributed by atoms with Gasteiger partial charge in [-0.2, -0.15) is 0 Å². The first-order valence-electron chi connectivity index (χ1n) is 13.5. The van der Waals surface area contributed by atoms with E-state index in [1.165, 1.54) is 0 Å².